The average Bonchev–Trinajstić information content (AvgIpc) is 3.59. The maximum Gasteiger partial charge on any atom is 0.154 e. The van der Waals surface area contributed by atoms with Gasteiger partial charge in [-0.15, -0.1) is 0 Å². The van der Waals surface area contributed by atoms with E-state index in [9.17, 15) is 0 Å². The van der Waals surface area contributed by atoms with Crippen molar-refractivity contribution in [3.05, 3.63) is 194 Å². The monoisotopic (exact) mass is 688 g/mol. The molecule has 0 unspecified atom stereocenters. The summed E-state index contributed by atoms with van der Waals surface area (Å²) in [4.78, 5) is 7.28. The lowest BCUT2D eigenvalue weighted by Gasteiger charge is -2.26. The fraction of sp³-hybridized carbons (Fsp3) is 0. The van der Waals surface area contributed by atoms with Crippen LogP contribution < -0.4 is 4.90 Å². The Bertz CT molecular complexity index is 3210. The fourth-order valence-electron chi connectivity index (χ4n) is 8.02. The molecule has 2 aromatic heterocycles. The van der Waals surface area contributed by atoms with E-state index in [1.165, 1.54) is 54.6 Å². The van der Waals surface area contributed by atoms with E-state index in [0.29, 0.717) is 0 Å². The van der Waals surface area contributed by atoms with E-state index in [2.05, 4.69) is 187 Å². The van der Waals surface area contributed by atoms with Crippen LogP contribution in [0.2, 0.25) is 0 Å². The lowest BCUT2D eigenvalue weighted by atomic mass is 9.97. The number of fused-ring (bicyclic) bond motifs is 8. The third kappa shape index (κ3) is 5.09. The summed E-state index contributed by atoms with van der Waals surface area (Å²) in [5.74, 6) is 0. The van der Waals surface area contributed by atoms with Crippen molar-refractivity contribution in [2.24, 2.45) is 0 Å². The van der Waals surface area contributed by atoms with Gasteiger partial charge in [0.15, 0.2) is 5.58 Å². The first-order valence-corrected chi connectivity index (χ1v) is 18.4. The lowest BCUT2D eigenvalue weighted by Crippen LogP contribution is -2.09. The Balaban J connectivity index is 1.02. The van der Waals surface area contributed by atoms with Crippen LogP contribution >= 0.6 is 0 Å². The van der Waals surface area contributed by atoms with E-state index in [1.807, 2.05) is 12.1 Å². The van der Waals surface area contributed by atoms with Crippen LogP contribution in [0, 0.1) is 0 Å². The van der Waals surface area contributed by atoms with Crippen molar-refractivity contribution < 1.29 is 4.42 Å². The SMILES string of the molecule is c1ccc2cc(-c3ccc(N(c4ccc(-c5ccc6ccc7ccccc7c6c5)cc4)c4ccc5c(c4)oc4cc6ccccc6nc45)cc3)ccc2c1. The quantitative estimate of drug-likeness (QED) is 0.169. The zero-order valence-electron chi connectivity index (χ0n) is 29.3. The van der Waals surface area contributed by atoms with Crippen molar-refractivity contribution in [2.45, 2.75) is 0 Å². The molecule has 3 heteroatoms. The molecule has 11 rings (SSSR count). The summed E-state index contributed by atoms with van der Waals surface area (Å²) in [5, 5.41) is 9.60. The van der Waals surface area contributed by atoms with Gasteiger partial charge in [0.25, 0.3) is 0 Å². The molecule has 0 aliphatic rings. The molecule has 0 N–H and O–H groups in total. The summed E-state index contributed by atoms with van der Waals surface area (Å²) >= 11 is 0. The van der Waals surface area contributed by atoms with Crippen LogP contribution in [0.15, 0.2) is 199 Å². The lowest BCUT2D eigenvalue weighted by molar-refractivity contribution is 0.669. The van der Waals surface area contributed by atoms with Crippen LogP contribution in [0.25, 0.3) is 87.5 Å². The molecule has 2 heterocycles. The molecule has 0 bridgehead atoms. The van der Waals surface area contributed by atoms with E-state index in [0.717, 1.165) is 50.0 Å². The van der Waals surface area contributed by atoms with E-state index in [-0.39, 0.29) is 0 Å². The van der Waals surface area contributed by atoms with Crippen molar-refractivity contribution in [1.82, 2.24) is 4.98 Å². The second kappa shape index (κ2) is 12.2. The highest BCUT2D eigenvalue weighted by molar-refractivity contribution is 6.09. The van der Waals surface area contributed by atoms with Crippen molar-refractivity contribution >= 4 is 82.4 Å². The Morgan fingerprint density at radius 1 is 0.333 bits per heavy atom. The maximum absolute atomic E-state index is 6.49. The number of rotatable bonds is 5. The largest absolute Gasteiger partial charge is 0.454 e. The van der Waals surface area contributed by atoms with Crippen LogP contribution in [0.5, 0.6) is 0 Å². The Labute approximate surface area is 312 Å². The van der Waals surface area contributed by atoms with Gasteiger partial charge in [0, 0.05) is 33.9 Å². The number of furan rings is 1. The highest BCUT2D eigenvalue weighted by atomic mass is 16.3. The van der Waals surface area contributed by atoms with Crippen LogP contribution in [-0.4, -0.2) is 4.98 Å². The molecule has 252 valence electrons. The molecule has 0 radical (unpaired) electrons. The standard InChI is InChI=1S/C51H32N2O/c1-2-9-38-29-39(17-13-33(38)7-1)34-19-23-42(24-20-34)53(44-27-28-46-49(32-44)54-50-31-41-10-4-6-12-48(41)52-51(46)50)43-25-21-35(22-26-43)40-18-16-37-15-14-36-8-3-5-11-45(36)47(37)30-40/h1-32H. The normalized spacial score (nSPS) is 11.7. The van der Waals surface area contributed by atoms with Gasteiger partial charge < -0.3 is 9.32 Å². The molecule has 0 aliphatic carbocycles. The topological polar surface area (TPSA) is 29.3 Å². The predicted molar refractivity (Wildman–Crippen MR) is 227 cm³/mol. The number of benzene rings is 9. The van der Waals surface area contributed by atoms with Crippen molar-refractivity contribution in [2.75, 3.05) is 4.90 Å². The molecular formula is C51H32N2O. The third-order valence-electron chi connectivity index (χ3n) is 10.8. The summed E-state index contributed by atoms with van der Waals surface area (Å²) in [6.45, 7) is 0. The van der Waals surface area contributed by atoms with Crippen LogP contribution in [0.4, 0.5) is 17.1 Å². The number of hydrogen-bond donors (Lipinski definition) is 0. The molecule has 54 heavy (non-hydrogen) atoms. The average molecular weight is 689 g/mol. The van der Waals surface area contributed by atoms with Gasteiger partial charge >= 0.3 is 0 Å². The molecule has 0 amide bonds. The molecule has 3 nitrogen and oxygen atoms in total. The van der Waals surface area contributed by atoms with Crippen molar-refractivity contribution in [3.63, 3.8) is 0 Å². The summed E-state index contributed by atoms with van der Waals surface area (Å²) in [5.41, 5.74) is 11.3. The van der Waals surface area contributed by atoms with E-state index >= 15 is 0 Å². The van der Waals surface area contributed by atoms with Crippen LogP contribution in [-0.2, 0) is 0 Å². The van der Waals surface area contributed by atoms with Gasteiger partial charge in [-0.1, -0.05) is 127 Å². The maximum atomic E-state index is 6.49. The van der Waals surface area contributed by atoms with Gasteiger partial charge in [-0.2, -0.15) is 0 Å². The fourth-order valence-corrected chi connectivity index (χ4v) is 8.02. The molecule has 0 spiro atoms. The van der Waals surface area contributed by atoms with Crippen molar-refractivity contribution in [1.29, 1.82) is 0 Å². The van der Waals surface area contributed by atoms with E-state index < -0.39 is 0 Å². The highest BCUT2D eigenvalue weighted by Crippen LogP contribution is 2.40. The molecule has 0 fully saturated rings. The third-order valence-corrected chi connectivity index (χ3v) is 10.8. The van der Waals surface area contributed by atoms with Crippen LogP contribution in [0.1, 0.15) is 0 Å². The molecule has 0 saturated heterocycles. The Morgan fingerprint density at radius 2 is 0.889 bits per heavy atom. The first-order chi connectivity index (χ1) is 26.7. The molecule has 11 aromatic rings. The number of pyridine rings is 1. The van der Waals surface area contributed by atoms with Crippen LogP contribution in [0.3, 0.4) is 0 Å². The second-order valence-corrected chi connectivity index (χ2v) is 14.0. The number of aromatic nitrogens is 1. The Morgan fingerprint density at radius 3 is 1.65 bits per heavy atom. The summed E-state index contributed by atoms with van der Waals surface area (Å²) in [6, 6.07) is 69.5. The van der Waals surface area contributed by atoms with Gasteiger partial charge in [0.1, 0.15) is 11.1 Å². The number of nitrogens with zero attached hydrogens (tertiary/aromatic N) is 2. The minimum absolute atomic E-state index is 0.791. The summed E-state index contributed by atoms with van der Waals surface area (Å²) in [7, 11) is 0. The van der Waals surface area contributed by atoms with E-state index in [1.54, 1.807) is 0 Å². The first-order valence-electron chi connectivity index (χ1n) is 18.4. The number of para-hydroxylation sites is 1. The van der Waals surface area contributed by atoms with Gasteiger partial charge in [-0.3, -0.25) is 0 Å². The minimum atomic E-state index is 0.791. The summed E-state index contributed by atoms with van der Waals surface area (Å²) < 4.78 is 6.49. The molecule has 9 aromatic carbocycles. The zero-order valence-corrected chi connectivity index (χ0v) is 29.3. The van der Waals surface area contributed by atoms with Gasteiger partial charge in [-0.05, 0) is 115 Å². The molecule has 0 atom stereocenters. The highest BCUT2D eigenvalue weighted by Gasteiger charge is 2.17. The first kappa shape index (κ1) is 30.4. The van der Waals surface area contributed by atoms with Crippen molar-refractivity contribution in [3.8, 4) is 22.3 Å². The summed E-state index contributed by atoms with van der Waals surface area (Å²) in [6.07, 6.45) is 0. The molecule has 0 saturated carbocycles. The zero-order chi connectivity index (χ0) is 35.6. The number of anilines is 3. The van der Waals surface area contributed by atoms with E-state index in [4.69, 9.17) is 9.40 Å². The Hall–Kier alpha value is -7.23. The number of hydrogen-bond acceptors (Lipinski definition) is 3. The smallest absolute Gasteiger partial charge is 0.154 e. The Kier molecular flexibility index (Phi) is 6.86. The molecule has 0 aliphatic heterocycles. The van der Waals surface area contributed by atoms with Gasteiger partial charge in [0.05, 0.1) is 5.52 Å². The molecular weight excluding hydrogens is 657 g/mol. The predicted octanol–water partition coefficient (Wildman–Crippen LogP) is 14.4. The second-order valence-electron chi connectivity index (χ2n) is 14.0. The minimum Gasteiger partial charge on any atom is -0.454 e. The van der Waals surface area contributed by atoms with Gasteiger partial charge in [0.2, 0.25) is 0 Å². The van der Waals surface area contributed by atoms with Gasteiger partial charge in [-0.25, -0.2) is 4.98 Å².